The van der Waals surface area contributed by atoms with Crippen LogP contribution in [-0.2, 0) is 30.0 Å². The zero-order valence-electron chi connectivity index (χ0n) is 33.2. The van der Waals surface area contributed by atoms with Crippen molar-refractivity contribution in [2.75, 3.05) is 39.4 Å². The second kappa shape index (κ2) is 18.2. The third kappa shape index (κ3) is 9.37. The molecular formula is C45H51N3O9. The quantitative estimate of drug-likeness (QED) is 0.105. The Bertz CT molecular complexity index is 2070. The third-order valence-electron chi connectivity index (χ3n) is 9.93. The number of aliphatic hydroxyl groups is 1. The van der Waals surface area contributed by atoms with Crippen molar-refractivity contribution in [3.8, 4) is 17.2 Å². The number of amides is 1. The molecular weight excluding hydrogens is 727 g/mol. The Morgan fingerprint density at radius 3 is 1.91 bits per heavy atom. The van der Waals surface area contributed by atoms with E-state index in [1.807, 2.05) is 110 Å². The predicted octanol–water partition coefficient (Wildman–Crippen LogP) is 6.64. The average Bonchev–Trinajstić information content (AvgIpc) is 3.53. The minimum absolute atomic E-state index is 0.00970. The van der Waals surface area contributed by atoms with Gasteiger partial charge in [0.2, 0.25) is 0 Å². The molecule has 12 nitrogen and oxygen atoms in total. The summed E-state index contributed by atoms with van der Waals surface area (Å²) in [6, 6.07) is 34.1. The van der Waals surface area contributed by atoms with Gasteiger partial charge in [-0.1, -0.05) is 94.4 Å². The van der Waals surface area contributed by atoms with Crippen molar-refractivity contribution in [3.05, 3.63) is 148 Å². The number of aliphatic hydroxyl groups excluding tert-OH is 1. The molecule has 0 radical (unpaired) electrons. The van der Waals surface area contributed by atoms with Crippen molar-refractivity contribution in [3.63, 3.8) is 0 Å². The van der Waals surface area contributed by atoms with Crippen molar-refractivity contribution in [1.29, 1.82) is 0 Å². The number of methoxy groups -OCH3 is 2. The zero-order chi connectivity index (χ0) is 40.6. The molecule has 4 aromatic carbocycles. The lowest BCUT2D eigenvalue weighted by molar-refractivity contribution is -0.118. The Morgan fingerprint density at radius 1 is 0.807 bits per heavy atom. The maximum absolute atomic E-state index is 13.5. The van der Waals surface area contributed by atoms with Gasteiger partial charge < -0.3 is 38.8 Å². The molecule has 2 heterocycles. The van der Waals surface area contributed by atoms with Crippen LogP contribution in [0.2, 0.25) is 0 Å². The van der Waals surface area contributed by atoms with Crippen LogP contribution in [0.3, 0.4) is 0 Å². The summed E-state index contributed by atoms with van der Waals surface area (Å²) >= 11 is 0. The van der Waals surface area contributed by atoms with Crippen molar-refractivity contribution >= 4 is 11.7 Å². The lowest BCUT2D eigenvalue weighted by atomic mass is 9.80. The number of carbonyl (C=O) groups is 1. The minimum Gasteiger partial charge on any atom is -0.497 e. The lowest BCUT2D eigenvalue weighted by Crippen LogP contribution is -2.40. The number of hydrogen-bond donors (Lipinski definition) is 2. The van der Waals surface area contributed by atoms with Crippen LogP contribution in [-0.4, -0.2) is 72.9 Å². The number of ether oxygens (including phenoxy) is 6. The van der Waals surface area contributed by atoms with E-state index in [4.69, 9.17) is 28.4 Å². The van der Waals surface area contributed by atoms with E-state index in [1.165, 1.54) is 16.8 Å². The summed E-state index contributed by atoms with van der Waals surface area (Å²) in [5.41, 5.74) is 1.72. The molecule has 0 spiro atoms. The number of anilines is 1. The molecule has 1 aliphatic heterocycles. The standard InChI is InChI=1S/C45H51N3O9/c1-7-27-54-41-40(50)37(57-42(41)48-26-25-38(47-43(48)51)46-39(49)29-55-36-23-13-30(14-24-36)44(2,3)4)28-56-45(31-11-9-8-10-12-31,32-15-19-34(52-5)20-16-32)33-17-21-35(53-6)22-18-33/h8-26,37,40-42,50H,7,27-29H2,1-6H3,(H,46,47,49,51)/t37-,40+,41+,42-/m1/s1. The smallest absolute Gasteiger partial charge is 0.351 e. The molecule has 1 saturated heterocycles. The van der Waals surface area contributed by atoms with E-state index in [9.17, 15) is 14.7 Å². The van der Waals surface area contributed by atoms with E-state index in [-0.39, 0.29) is 24.4 Å². The molecule has 300 valence electrons. The van der Waals surface area contributed by atoms with Gasteiger partial charge in [0, 0.05) is 12.8 Å². The van der Waals surface area contributed by atoms with Crippen molar-refractivity contribution in [2.24, 2.45) is 0 Å². The molecule has 0 bridgehead atoms. The summed E-state index contributed by atoms with van der Waals surface area (Å²) in [7, 11) is 3.22. The van der Waals surface area contributed by atoms with Gasteiger partial charge in [-0.15, -0.1) is 0 Å². The summed E-state index contributed by atoms with van der Waals surface area (Å²) in [4.78, 5) is 30.4. The fourth-order valence-electron chi connectivity index (χ4n) is 6.85. The molecule has 0 saturated carbocycles. The summed E-state index contributed by atoms with van der Waals surface area (Å²) in [6.07, 6.45) is -1.94. The summed E-state index contributed by atoms with van der Waals surface area (Å²) < 4.78 is 37.4. The van der Waals surface area contributed by atoms with Gasteiger partial charge in [0.15, 0.2) is 12.8 Å². The Hall–Kier alpha value is -5.53. The van der Waals surface area contributed by atoms with Crippen LogP contribution in [0.25, 0.3) is 0 Å². The second-order valence-corrected chi connectivity index (χ2v) is 14.8. The average molecular weight is 778 g/mol. The molecule has 1 aliphatic rings. The summed E-state index contributed by atoms with van der Waals surface area (Å²) in [6.45, 7) is 8.26. The van der Waals surface area contributed by atoms with Gasteiger partial charge in [-0.25, -0.2) is 4.79 Å². The number of rotatable bonds is 16. The van der Waals surface area contributed by atoms with Crippen LogP contribution < -0.4 is 25.2 Å². The summed E-state index contributed by atoms with van der Waals surface area (Å²) in [5, 5.41) is 14.4. The highest BCUT2D eigenvalue weighted by molar-refractivity contribution is 5.90. The van der Waals surface area contributed by atoms with E-state index in [1.54, 1.807) is 14.2 Å². The van der Waals surface area contributed by atoms with Gasteiger partial charge in [0.1, 0.15) is 47.0 Å². The third-order valence-corrected chi connectivity index (χ3v) is 9.93. The molecule has 0 aliphatic carbocycles. The number of hydrogen-bond acceptors (Lipinski definition) is 10. The zero-order valence-corrected chi connectivity index (χ0v) is 33.2. The van der Waals surface area contributed by atoms with Crippen LogP contribution in [0.15, 0.2) is 120 Å². The molecule has 6 rings (SSSR count). The second-order valence-electron chi connectivity index (χ2n) is 14.8. The highest BCUT2D eigenvalue weighted by atomic mass is 16.6. The van der Waals surface area contributed by atoms with E-state index in [0.29, 0.717) is 30.3 Å². The van der Waals surface area contributed by atoms with E-state index in [2.05, 4.69) is 31.1 Å². The predicted molar refractivity (Wildman–Crippen MR) is 216 cm³/mol. The molecule has 1 aromatic heterocycles. The normalized spacial score (nSPS) is 18.2. The molecule has 1 fully saturated rings. The monoisotopic (exact) mass is 777 g/mol. The molecule has 12 heteroatoms. The first kappa shape index (κ1) is 41.1. The van der Waals surface area contributed by atoms with Crippen LogP contribution in [0.1, 0.15) is 62.6 Å². The van der Waals surface area contributed by atoms with Crippen LogP contribution >= 0.6 is 0 Å². The first-order chi connectivity index (χ1) is 27.5. The Morgan fingerprint density at radius 2 is 1.37 bits per heavy atom. The van der Waals surface area contributed by atoms with Crippen molar-refractivity contribution in [2.45, 2.75) is 69.7 Å². The minimum atomic E-state index is -1.18. The van der Waals surface area contributed by atoms with Gasteiger partial charge in [0.25, 0.3) is 5.91 Å². The molecule has 1 amide bonds. The largest absolute Gasteiger partial charge is 0.497 e. The van der Waals surface area contributed by atoms with Gasteiger partial charge >= 0.3 is 5.69 Å². The molecule has 57 heavy (non-hydrogen) atoms. The van der Waals surface area contributed by atoms with Gasteiger partial charge in [0.05, 0.1) is 20.8 Å². The van der Waals surface area contributed by atoms with Crippen LogP contribution in [0.4, 0.5) is 5.82 Å². The maximum Gasteiger partial charge on any atom is 0.351 e. The van der Waals surface area contributed by atoms with Gasteiger partial charge in [-0.05, 0) is 76.6 Å². The van der Waals surface area contributed by atoms with E-state index >= 15 is 0 Å². The molecule has 0 unspecified atom stereocenters. The van der Waals surface area contributed by atoms with Crippen LogP contribution in [0, 0.1) is 0 Å². The highest BCUT2D eigenvalue weighted by Crippen LogP contribution is 2.43. The molecule has 2 N–H and O–H groups in total. The fourth-order valence-corrected chi connectivity index (χ4v) is 6.85. The van der Waals surface area contributed by atoms with Gasteiger partial charge in [-0.2, -0.15) is 4.98 Å². The number of nitrogens with zero attached hydrogens (tertiary/aromatic N) is 2. The fraction of sp³-hybridized carbons (Fsp3) is 0.356. The maximum atomic E-state index is 13.5. The lowest BCUT2D eigenvalue weighted by Gasteiger charge is -2.37. The number of nitrogens with one attached hydrogen (secondary N) is 1. The Kier molecular flexibility index (Phi) is 13.1. The first-order valence-electron chi connectivity index (χ1n) is 19.0. The SMILES string of the molecule is CCCO[C@H]1[C@@H](O)[C@@H](COC(c2ccccc2)(c2ccc(OC)cc2)c2ccc(OC)cc2)O[C@H]1n1ccc(NC(=O)COc2ccc(C(C)(C)C)cc2)nc1=O. The van der Waals surface area contributed by atoms with Gasteiger partial charge in [-0.3, -0.25) is 9.36 Å². The first-order valence-corrected chi connectivity index (χ1v) is 19.0. The summed E-state index contributed by atoms with van der Waals surface area (Å²) in [5.74, 6) is 1.48. The number of benzene rings is 4. The van der Waals surface area contributed by atoms with E-state index in [0.717, 1.165) is 22.3 Å². The van der Waals surface area contributed by atoms with E-state index < -0.39 is 41.7 Å². The topological polar surface area (TPSA) is 140 Å². The van der Waals surface area contributed by atoms with Crippen LogP contribution in [0.5, 0.6) is 17.2 Å². The van der Waals surface area contributed by atoms with Crippen molar-refractivity contribution in [1.82, 2.24) is 9.55 Å². The highest BCUT2D eigenvalue weighted by Gasteiger charge is 2.48. The Balaban J connectivity index is 1.23. The number of aromatic nitrogens is 2. The number of carbonyl (C=O) groups excluding carboxylic acids is 1. The molecule has 4 atom stereocenters. The Labute approximate surface area is 333 Å². The molecule has 5 aromatic rings. The van der Waals surface area contributed by atoms with Crippen molar-refractivity contribution < 1.29 is 38.3 Å².